The number of aromatic nitrogens is 1. The average molecular weight is 256 g/mol. The molecule has 0 amide bonds. The normalized spacial score (nSPS) is 17.6. The standard InChI is InChI=1S/C11H14ClN3S/c12-10-9(8-13)11(16-14-10)15-6-4-2-1-3-5-7-15/h1-7H2. The summed E-state index contributed by atoms with van der Waals surface area (Å²) in [7, 11) is 0. The summed E-state index contributed by atoms with van der Waals surface area (Å²) in [5.74, 6) is 0. The minimum absolute atomic E-state index is 0.351. The number of anilines is 1. The zero-order valence-corrected chi connectivity index (χ0v) is 10.7. The molecule has 1 aliphatic rings. The van der Waals surface area contributed by atoms with Gasteiger partial charge in [0.25, 0.3) is 0 Å². The fourth-order valence-electron chi connectivity index (χ4n) is 2.02. The first kappa shape index (κ1) is 11.7. The van der Waals surface area contributed by atoms with E-state index in [2.05, 4.69) is 15.3 Å². The Morgan fingerprint density at radius 3 is 2.44 bits per heavy atom. The van der Waals surface area contributed by atoms with Gasteiger partial charge in [-0.3, -0.25) is 0 Å². The summed E-state index contributed by atoms with van der Waals surface area (Å²) in [6, 6.07) is 2.15. The fourth-order valence-corrected chi connectivity index (χ4v) is 3.10. The summed E-state index contributed by atoms with van der Waals surface area (Å²) in [5.41, 5.74) is 0.548. The minimum atomic E-state index is 0.351. The van der Waals surface area contributed by atoms with Crippen LogP contribution in [0.4, 0.5) is 5.00 Å². The molecule has 0 spiro atoms. The van der Waals surface area contributed by atoms with Crippen LogP contribution in [-0.2, 0) is 0 Å². The lowest BCUT2D eigenvalue weighted by molar-refractivity contribution is 0.558. The molecule has 0 aliphatic carbocycles. The molecule has 0 unspecified atom stereocenters. The first-order valence-electron chi connectivity index (χ1n) is 5.63. The fraction of sp³-hybridized carbons (Fsp3) is 0.636. The molecule has 2 heterocycles. The number of nitriles is 1. The number of hydrogen-bond acceptors (Lipinski definition) is 4. The third kappa shape index (κ3) is 2.47. The Hall–Kier alpha value is -0.790. The van der Waals surface area contributed by atoms with Crippen molar-refractivity contribution in [3.05, 3.63) is 10.7 Å². The first-order valence-corrected chi connectivity index (χ1v) is 6.78. The van der Waals surface area contributed by atoms with E-state index in [9.17, 15) is 0 Å². The van der Waals surface area contributed by atoms with Crippen LogP contribution in [0.1, 0.15) is 37.7 Å². The Kier molecular flexibility index (Phi) is 4.03. The molecule has 1 aliphatic heterocycles. The smallest absolute Gasteiger partial charge is 0.162 e. The van der Waals surface area contributed by atoms with Gasteiger partial charge in [0, 0.05) is 13.1 Å². The summed E-state index contributed by atoms with van der Waals surface area (Å²) in [6.07, 6.45) is 6.29. The van der Waals surface area contributed by atoms with E-state index < -0.39 is 0 Å². The van der Waals surface area contributed by atoms with Gasteiger partial charge in [0.05, 0.1) is 0 Å². The SMILES string of the molecule is N#Cc1c(Cl)nsc1N1CCCCCCC1. The molecule has 0 bridgehead atoms. The largest absolute Gasteiger partial charge is 0.361 e. The van der Waals surface area contributed by atoms with Crippen molar-refractivity contribution in [3.8, 4) is 6.07 Å². The highest BCUT2D eigenvalue weighted by Crippen LogP contribution is 2.32. The third-order valence-electron chi connectivity index (χ3n) is 2.89. The van der Waals surface area contributed by atoms with Crippen LogP contribution in [0.2, 0.25) is 5.15 Å². The van der Waals surface area contributed by atoms with Crippen LogP contribution in [0.15, 0.2) is 0 Å². The molecule has 1 saturated heterocycles. The predicted molar refractivity (Wildman–Crippen MR) is 67.1 cm³/mol. The molecule has 0 radical (unpaired) electrons. The van der Waals surface area contributed by atoms with Crippen LogP contribution in [-0.4, -0.2) is 17.5 Å². The maximum atomic E-state index is 9.05. The quantitative estimate of drug-likeness (QED) is 0.772. The molecular weight excluding hydrogens is 242 g/mol. The van der Waals surface area contributed by atoms with Crippen LogP contribution >= 0.6 is 23.1 Å². The second kappa shape index (κ2) is 5.51. The predicted octanol–water partition coefficient (Wildman–Crippen LogP) is 3.44. The highest BCUT2D eigenvalue weighted by molar-refractivity contribution is 7.10. The number of hydrogen-bond donors (Lipinski definition) is 0. The molecule has 0 saturated carbocycles. The van der Waals surface area contributed by atoms with Gasteiger partial charge in [0.2, 0.25) is 0 Å². The van der Waals surface area contributed by atoms with Crippen molar-refractivity contribution < 1.29 is 0 Å². The molecule has 2 rings (SSSR count). The van der Waals surface area contributed by atoms with E-state index in [1.807, 2.05) is 0 Å². The monoisotopic (exact) mass is 255 g/mol. The average Bonchev–Trinajstić information content (AvgIpc) is 2.59. The summed E-state index contributed by atoms with van der Waals surface area (Å²) >= 11 is 7.23. The lowest BCUT2D eigenvalue weighted by Gasteiger charge is -2.25. The molecule has 1 aromatic heterocycles. The van der Waals surface area contributed by atoms with E-state index in [4.69, 9.17) is 16.9 Å². The van der Waals surface area contributed by atoms with E-state index in [0.717, 1.165) is 18.1 Å². The zero-order chi connectivity index (χ0) is 11.4. The molecule has 0 aromatic carbocycles. The summed E-state index contributed by atoms with van der Waals surface area (Å²) in [6.45, 7) is 2.04. The third-order valence-corrected chi connectivity index (χ3v) is 4.17. The molecule has 86 valence electrons. The van der Waals surface area contributed by atoms with Crippen molar-refractivity contribution in [2.75, 3.05) is 18.0 Å². The second-order valence-corrected chi connectivity index (χ2v) is 5.13. The van der Waals surface area contributed by atoms with Gasteiger partial charge < -0.3 is 4.90 Å². The number of nitrogens with zero attached hydrogens (tertiary/aromatic N) is 3. The van der Waals surface area contributed by atoms with Crippen LogP contribution < -0.4 is 4.90 Å². The van der Waals surface area contributed by atoms with Crippen LogP contribution in [0.25, 0.3) is 0 Å². The van der Waals surface area contributed by atoms with Crippen molar-refractivity contribution in [2.24, 2.45) is 0 Å². The van der Waals surface area contributed by atoms with Gasteiger partial charge in [-0.1, -0.05) is 30.9 Å². The Labute approximate surface area is 105 Å². The van der Waals surface area contributed by atoms with Gasteiger partial charge in [-0.05, 0) is 24.4 Å². The van der Waals surface area contributed by atoms with Crippen molar-refractivity contribution in [2.45, 2.75) is 32.1 Å². The molecule has 0 atom stereocenters. The van der Waals surface area contributed by atoms with E-state index in [-0.39, 0.29) is 0 Å². The number of rotatable bonds is 1. The van der Waals surface area contributed by atoms with Gasteiger partial charge in [-0.2, -0.15) is 9.64 Å². The molecule has 0 N–H and O–H groups in total. The molecule has 1 aromatic rings. The molecule has 16 heavy (non-hydrogen) atoms. The van der Waals surface area contributed by atoms with Crippen molar-refractivity contribution in [1.29, 1.82) is 5.26 Å². The van der Waals surface area contributed by atoms with E-state index in [0.29, 0.717) is 10.7 Å². The number of halogens is 1. The lowest BCUT2D eigenvalue weighted by Crippen LogP contribution is -2.26. The summed E-state index contributed by atoms with van der Waals surface area (Å²) < 4.78 is 4.06. The van der Waals surface area contributed by atoms with Gasteiger partial charge >= 0.3 is 0 Å². The van der Waals surface area contributed by atoms with Crippen molar-refractivity contribution >= 4 is 28.1 Å². The van der Waals surface area contributed by atoms with Crippen molar-refractivity contribution in [3.63, 3.8) is 0 Å². The Morgan fingerprint density at radius 1 is 1.19 bits per heavy atom. The Bertz CT molecular complexity index is 388. The maximum absolute atomic E-state index is 9.05. The van der Waals surface area contributed by atoms with E-state index in [1.54, 1.807) is 0 Å². The van der Waals surface area contributed by atoms with Crippen LogP contribution in [0.5, 0.6) is 0 Å². The van der Waals surface area contributed by atoms with E-state index >= 15 is 0 Å². The second-order valence-electron chi connectivity index (χ2n) is 4.02. The molecule has 1 fully saturated rings. The highest BCUT2D eigenvalue weighted by Gasteiger charge is 2.18. The Balaban J connectivity index is 2.18. The summed E-state index contributed by atoms with van der Waals surface area (Å²) in [5, 5.41) is 10.4. The van der Waals surface area contributed by atoms with Gasteiger partial charge in [-0.15, -0.1) is 0 Å². The van der Waals surface area contributed by atoms with Crippen molar-refractivity contribution in [1.82, 2.24) is 4.37 Å². The van der Waals surface area contributed by atoms with Gasteiger partial charge in [-0.25, -0.2) is 0 Å². The molecule has 3 nitrogen and oxygen atoms in total. The Morgan fingerprint density at radius 2 is 1.81 bits per heavy atom. The van der Waals surface area contributed by atoms with E-state index in [1.165, 1.54) is 43.6 Å². The van der Waals surface area contributed by atoms with Gasteiger partial charge in [0.15, 0.2) is 5.15 Å². The van der Waals surface area contributed by atoms with Gasteiger partial charge in [0.1, 0.15) is 16.6 Å². The summed E-state index contributed by atoms with van der Waals surface area (Å²) in [4.78, 5) is 2.27. The maximum Gasteiger partial charge on any atom is 0.162 e. The zero-order valence-electron chi connectivity index (χ0n) is 9.08. The molecular formula is C11H14ClN3S. The topological polar surface area (TPSA) is 39.9 Å². The van der Waals surface area contributed by atoms with Crippen LogP contribution in [0, 0.1) is 11.3 Å². The minimum Gasteiger partial charge on any atom is -0.361 e. The lowest BCUT2D eigenvalue weighted by atomic mass is 10.1. The molecule has 5 heteroatoms. The highest BCUT2D eigenvalue weighted by atomic mass is 35.5. The first-order chi connectivity index (χ1) is 7.83. The van der Waals surface area contributed by atoms with Crippen LogP contribution in [0.3, 0.4) is 0 Å².